The number of aryl methyl sites for hydroxylation is 1. The fraction of sp³-hybridized carbons (Fsp3) is 0.214. The molecule has 0 spiro atoms. The first-order valence-electron chi connectivity index (χ1n) is 5.66. The molecule has 2 rings (SSSR count). The van der Waals surface area contributed by atoms with Gasteiger partial charge >= 0.3 is 6.18 Å². The van der Waals surface area contributed by atoms with Gasteiger partial charge in [-0.1, -0.05) is 29.8 Å². The number of halogens is 3. The first-order valence-corrected chi connectivity index (χ1v) is 5.66. The van der Waals surface area contributed by atoms with Gasteiger partial charge in [0.25, 0.3) is 0 Å². The van der Waals surface area contributed by atoms with Crippen LogP contribution in [0.5, 0.6) is 0 Å². The van der Waals surface area contributed by atoms with Crippen molar-refractivity contribution in [1.82, 2.24) is 4.98 Å². The predicted molar refractivity (Wildman–Crippen MR) is 65.3 cm³/mol. The van der Waals surface area contributed by atoms with E-state index in [0.717, 1.165) is 11.6 Å². The minimum absolute atomic E-state index is 0.169. The molecule has 0 atom stereocenters. The van der Waals surface area contributed by atoms with Crippen LogP contribution in [0, 0.1) is 6.92 Å². The molecule has 1 aromatic heterocycles. The lowest BCUT2D eigenvalue weighted by molar-refractivity contribution is -0.141. The Morgan fingerprint density at radius 2 is 1.89 bits per heavy atom. The van der Waals surface area contributed by atoms with E-state index in [1.54, 1.807) is 12.1 Å². The fourth-order valence-corrected chi connectivity index (χ4v) is 1.86. The van der Waals surface area contributed by atoms with Gasteiger partial charge in [-0.2, -0.15) is 13.2 Å². The second kappa shape index (κ2) is 5.01. The molecule has 0 saturated heterocycles. The first kappa shape index (κ1) is 13.5. The van der Waals surface area contributed by atoms with Crippen LogP contribution in [-0.2, 0) is 12.8 Å². The lowest BCUT2D eigenvalue weighted by Gasteiger charge is -2.10. The van der Waals surface area contributed by atoms with Crippen LogP contribution in [0.3, 0.4) is 0 Å². The third-order valence-corrected chi connectivity index (χ3v) is 2.80. The molecule has 100 valence electrons. The minimum Gasteiger partial charge on any atom is -0.392 e. The molecule has 2 aromatic rings. The Morgan fingerprint density at radius 1 is 1.16 bits per heavy atom. The molecule has 0 aliphatic heterocycles. The maximum Gasteiger partial charge on any atom is 0.433 e. The Morgan fingerprint density at radius 3 is 2.42 bits per heavy atom. The quantitative estimate of drug-likeness (QED) is 0.902. The van der Waals surface area contributed by atoms with Gasteiger partial charge in [0.2, 0.25) is 0 Å². The van der Waals surface area contributed by atoms with E-state index in [4.69, 9.17) is 0 Å². The molecular formula is C14H12F3NO. The summed E-state index contributed by atoms with van der Waals surface area (Å²) in [5.41, 5.74) is 1.97. The van der Waals surface area contributed by atoms with Crippen molar-refractivity contribution in [2.75, 3.05) is 0 Å². The summed E-state index contributed by atoms with van der Waals surface area (Å²) in [5, 5.41) is 9.29. The molecular weight excluding hydrogens is 255 g/mol. The Bertz CT molecular complexity index is 576. The topological polar surface area (TPSA) is 33.1 Å². The van der Waals surface area contributed by atoms with Crippen LogP contribution in [0.1, 0.15) is 16.8 Å². The molecule has 0 fully saturated rings. The van der Waals surface area contributed by atoms with E-state index in [9.17, 15) is 18.3 Å². The average Bonchev–Trinajstić information content (AvgIpc) is 2.37. The molecule has 0 saturated carbocycles. The third kappa shape index (κ3) is 2.93. The van der Waals surface area contributed by atoms with Crippen molar-refractivity contribution in [2.24, 2.45) is 0 Å². The summed E-state index contributed by atoms with van der Waals surface area (Å²) in [6.07, 6.45) is -3.27. The number of aliphatic hydroxyl groups excluding tert-OH is 1. The van der Waals surface area contributed by atoms with E-state index in [-0.39, 0.29) is 6.61 Å². The summed E-state index contributed by atoms with van der Waals surface area (Å²) in [6.45, 7) is 1.71. The Kier molecular flexibility index (Phi) is 3.57. The highest BCUT2D eigenvalue weighted by Crippen LogP contribution is 2.30. The summed E-state index contributed by atoms with van der Waals surface area (Å²) >= 11 is 0. The Labute approximate surface area is 108 Å². The smallest absolute Gasteiger partial charge is 0.392 e. The number of hydrogen-bond acceptors (Lipinski definition) is 2. The van der Waals surface area contributed by atoms with Crippen LogP contribution in [-0.4, -0.2) is 10.1 Å². The number of nitrogens with zero attached hydrogens (tertiary/aromatic N) is 1. The van der Waals surface area contributed by atoms with Gasteiger partial charge in [0.05, 0.1) is 6.61 Å². The number of rotatable bonds is 2. The maximum atomic E-state index is 12.4. The van der Waals surface area contributed by atoms with Gasteiger partial charge < -0.3 is 5.11 Å². The van der Waals surface area contributed by atoms with Gasteiger partial charge in [-0.3, -0.25) is 4.98 Å². The van der Waals surface area contributed by atoms with Crippen LogP contribution in [0.15, 0.2) is 36.5 Å². The van der Waals surface area contributed by atoms with Crippen LogP contribution in [0.2, 0.25) is 0 Å². The number of hydrogen-bond donors (Lipinski definition) is 1. The van der Waals surface area contributed by atoms with Crippen molar-refractivity contribution in [2.45, 2.75) is 19.7 Å². The molecule has 2 nitrogen and oxygen atoms in total. The zero-order valence-corrected chi connectivity index (χ0v) is 10.2. The van der Waals surface area contributed by atoms with E-state index in [1.165, 1.54) is 12.3 Å². The molecule has 0 aliphatic rings. The largest absolute Gasteiger partial charge is 0.433 e. The minimum atomic E-state index is -4.44. The van der Waals surface area contributed by atoms with E-state index in [2.05, 4.69) is 4.98 Å². The molecule has 1 aromatic carbocycles. The predicted octanol–water partition coefficient (Wildman–Crippen LogP) is 3.57. The van der Waals surface area contributed by atoms with E-state index < -0.39 is 11.9 Å². The lowest BCUT2D eigenvalue weighted by Crippen LogP contribution is -2.07. The van der Waals surface area contributed by atoms with E-state index in [0.29, 0.717) is 16.7 Å². The van der Waals surface area contributed by atoms with Gasteiger partial charge in [0.15, 0.2) is 0 Å². The van der Waals surface area contributed by atoms with Crippen LogP contribution >= 0.6 is 0 Å². The zero-order valence-electron chi connectivity index (χ0n) is 10.2. The monoisotopic (exact) mass is 267 g/mol. The third-order valence-electron chi connectivity index (χ3n) is 2.80. The average molecular weight is 267 g/mol. The lowest BCUT2D eigenvalue weighted by atomic mass is 9.99. The molecule has 1 heterocycles. The molecule has 0 aliphatic carbocycles. The van der Waals surface area contributed by atoms with Gasteiger partial charge in [0.1, 0.15) is 5.69 Å². The number of alkyl halides is 3. The van der Waals surface area contributed by atoms with E-state index >= 15 is 0 Å². The number of pyridine rings is 1. The van der Waals surface area contributed by atoms with Crippen molar-refractivity contribution < 1.29 is 18.3 Å². The highest BCUT2D eigenvalue weighted by atomic mass is 19.4. The molecule has 1 N–H and O–H groups in total. The highest BCUT2D eigenvalue weighted by molar-refractivity contribution is 5.67. The van der Waals surface area contributed by atoms with Gasteiger partial charge in [-0.25, -0.2) is 0 Å². The van der Waals surface area contributed by atoms with Crippen molar-refractivity contribution in [3.05, 3.63) is 53.3 Å². The second-order valence-electron chi connectivity index (χ2n) is 4.25. The van der Waals surface area contributed by atoms with Crippen molar-refractivity contribution >= 4 is 0 Å². The van der Waals surface area contributed by atoms with Crippen molar-refractivity contribution in [1.29, 1.82) is 0 Å². The van der Waals surface area contributed by atoms with Gasteiger partial charge in [0, 0.05) is 11.8 Å². The molecule has 0 radical (unpaired) electrons. The molecule has 0 unspecified atom stereocenters. The molecule has 5 heteroatoms. The molecule has 19 heavy (non-hydrogen) atoms. The standard InChI is InChI=1S/C14H12F3NO/c1-9-2-4-12(11(6-9)8-19)10-3-5-13(18-7-10)14(15,16)17/h2-7,19H,8H2,1H3. The summed E-state index contributed by atoms with van der Waals surface area (Å²) in [5.74, 6) is 0. The zero-order chi connectivity index (χ0) is 14.0. The van der Waals surface area contributed by atoms with Crippen molar-refractivity contribution in [3.63, 3.8) is 0 Å². The summed E-state index contributed by atoms with van der Waals surface area (Å²) in [4.78, 5) is 3.42. The van der Waals surface area contributed by atoms with E-state index in [1.807, 2.05) is 13.0 Å². The Balaban J connectivity index is 2.43. The summed E-state index contributed by atoms with van der Waals surface area (Å²) in [6, 6.07) is 7.71. The number of benzene rings is 1. The number of aliphatic hydroxyl groups is 1. The van der Waals surface area contributed by atoms with Crippen LogP contribution in [0.25, 0.3) is 11.1 Å². The SMILES string of the molecule is Cc1ccc(-c2ccc(C(F)(F)F)nc2)c(CO)c1. The van der Waals surface area contributed by atoms with Crippen molar-refractivity contribution in [3.8, 4) is 11.1 Å². The summed E-state index contributed by atoms with van der Waals surface area (Å²) in [7, 11) is 0. The normalized spacial score (nSPS) is 11.6. The molecule has 0 amide bonds. The highest BCUT2D eigenvalue weighted by Gasteiger charge is 2.32. The first-order chi connectivity index (χ1) is 8.91. The summed E-state index contributed by atoms with van der Waals surface area (Å²) < 4.78 is 37.3. The van der Waals surface area contributed by atoms with Gasteiger partial charge in [-0.15, -0.1) is 0 Å². The maximum absolute atomic E-state index is 12.4. The van der Waals surface area contributed by atoms with Crippen LogP contribution < -0.4 is 0 Å². The van der Waals surface area contributed by atoms with Gasteiger partial charge in [-0.05, 0) is 24.1 Å². The molecule has 0 bridgehead atoms. The van der Waals surface area contributed by atoms with Crippen LogP contribution in [0.4, 0.5) is 13.2 Å². The number of aromatic nitrogens is 1. The Hall–Kier alpha value is -1.88. The fourth-order valence-electron chi connectivity index (χ4n) is 1.86. The second-order valence-corrected chi connectivity index (χ2v) is 4.25.